The van der Waals surface area contributed by atoms with Crippen LogP contribution in [0.5, 0.6) is 0 Å². The summed E-state index contributed by atoms with van der Waals surface area (Å²) < 4.78 is 9.83. The third-order valence-electron chi connectivity index (χ3n) is 0.779. The fraction of sp³-hybridized carbons (Fsp3) is 1.00. The van der Waals surface area contributed by atoms with Crippen LogP contribution < -0.4 is 0 Å². The van der Waals surface area contributed by atoms with Crippen molar-refractivity contribution in [1.29, 1.82) is 0 Å². The molecule has 0 aromatic rings. The predicted molar refractivity (Wildman–Crippen MR) is 31.4 cm³/mol. The quantitative estimate of drug-likeness (QED) is 0.494. The third-order valence-corrected chi connectivity index (χ3v) is 3.56. The van der Waals surface area contributed by atoms with E-state index in [1.807, 2.05) is 6.55 Å². The Morgan fingerprint density at radius 1 is 1.29 bits per heavy atom. The van der Waals surface area contributed by atoms with Gasteiger partial charge in [0.15, 0.2) is 0 Å². The van der Waals surface area contributed by atoms with E-state index >= 15 is 0 Å². The van der Waals surface area contributed by atoms with Gasteiger partial charge in [-0.3, -0.25) is 0 Å². The standard InChI is InChI=1S/C3H9O2Si2/c1-4-7(3,6)5-2/h1-3H3. The topological polar surface area (TPSA) is 18.5 Å². The fourth-order valence-corrected chi connectivity index (χ4v) is 0.250. The Kier molecular flexibility index (Phi) is 2.74. The Labute approximate surface area is 48.3 Å². The minimum absolute atomic E-state index is 1.63. The van der Waals surface area contributed by atoms with Crippen LogP contribution in [0.2, 0.25) is 6.55 Å². The van der Waals surface area contributed by atoms with Crippen molar-refractivity contribution in [3.8, 4) is 0 Å². The first-order chi connectivity index (χ1) is 3.12. The fourth-order valence-electron chi connectivity index (χ4n) is 0.0833. The maximum atomic E-state index is 4.92. The van der Waals surface area contributed by atoms with Crippen LogP contribution in [0.3, 0.4) is 0 Å². The third kappa shape index (κ3) is 2.98. The predicted octanol–water partition coefficient (Wildman–Crippen LogP) is 0.0164. The Hall–Kier alpha value is 0.354. The van der Waals surface area contributed by atoms with E-state index in [0.717, 1.165) is 0 Å². The van der Waals surface area contributed by atoms with E-state index < -0.39 is 8.08 Å². The summed E-state index contributed by atoms with van der Waals surface area (Å²) in [6, 6.07) is 0. The molecule has 0 aliphatic carbocycles. The first-order valence-electron chi connectivity index (χ1n) is 1.97. The number of hydrogen-bond donors (Lipinski definition) is 0. The molecule has 0 amide bonds. The van der Waals surface area contributed by atoms with Gasteiger partial charge in [-0.15, -0.1) is 0 Å². The van der Waals surface area contributed by atoms with Gasteiger partial charge in [0, 0.05) is 14.2 Å². The lowest BCUT2D eigenvalue weighted by molar-refractivity contribution is 0.273. The zero-order chi connectivity index (χ0) is 5.91. The highest BCUT2D eigenvalue weighted by Crippen LogP contribution is 1.94. The monoisotopic (exact) mass is 133 g/mol. The molecule has 0 rings (SSSR count). The molecule has 0 aromatic heterocycles. The van der Waals surface area contributed by atoms with E-state index in [0.29, 0.717) is 0 Å². The lowest BCUT2D eigenvalue weighted by Gasteiger charge is -2.15. The summed E-state index contributed by atoms with van der Waals surface area (Å²) >= 11 is 0. The maximum absolute atomic E-state index is 4.92. The minimum Gasteiger partial charge on any atom is -0.401 e. The van der Waals surface area contributed by atoms with E-state index in [2.05, 4.69) is 9.76 Å². The minimum atomic E-state index is -1.85. The smallest absolute Gasteiger partial charge is 0.303 e. The molecule has 0 bridgehead atoms. The van der Waals surface area contributed by atoms with Crippen molar-refractivity contribution in [2.75, 3.05) is 14.2 Å². The van der Waals surface area contributed by atoms with E-state index in [1.165, 1.54) is 0 Å². The van der Waals surface area contributed by atoms with E-state index in [1.54, 1.807) is 14.2 Å². The van der Waals surface area contributed by atoms with Crippen molar-refractivity contribution in [2.24, 2.45) is 0 Å². The Bertz CT molecular complexity index is 48.9. The lowest BCUT2D eigenvalue weighted by atomic mass is 11.8. The molecule has 7 heavy (non-hydrogen) atoms. The highest BCUT2D eigenvalue weighted by molar-refractivity contribution is 7.08. The average molecular weight is 133 g/mol. The summed E-state index contributed by atoms with van der Waals surface area (Å²) in [7, 11) is 4.73. The zero-order valence-electron chi connectivity index (χ0n) is 4.82. The van der Waals surface area contributed by atoms with Gasteiger partial charge in [-0.25, -0.2) is 0 Å². The van der Waals surface area contributed by atoms with Crippen molar-refractivity contribution in [3.05, 3.63) is 0 Å². The normalized spacial score (nSPS) is 12.0. The van der Waals surface area contributed by atoms with Gasteiger partial charge in [0.2, 0.25) is 0 Å². The molecule has 0 atom stereocenters. The molecule has 41 valence electrons. The molecular formula is C3H9O2Si2. The van der Waals surface area contributed by atoms with Crippen molar-refractivity contribution in [2.45, 2.75) is 6.55 Å². The molecule has 0 saturated heterocycles. The molecule has 0 fully saturated rings. The molecule has 0 aliphatic heterocycles. The second kappa shape index (κ2) is 2.61. The second-order valence-corrected chi connectivity index (χ2v) is 6.79. The van der Waals surface area contributed by atoms with Gasteiger partial charge < -0.3 is 8.85 Å². The van der Waals surface area contributed by atoms with Crippen LogP contribution in [-0.4, -0.2) is 32.1 Å². The number of rotatable bonds is 2. The highest BCUT2D eigenvalue weighted by atomic mass is 29.2. The van der Waals surface area contributed by atoms with E-state index in [9.17, 15) is 0 Å². The van der Waals surface area contributed by atoms with Crippen molar-refractivity contribution in [3.63, 3.8) is 0 Å². The summed E-state index contributed by atoms with van der Waals surface area (Å²) in [6.45, 7) is 1.91. The van der Waals surface area contributed by atoms with Crippen LogP contribution >= 0.6 is 0 Å². The van der Waals surface area contributed by atoms with Crippen LogP contribution in [-0.2, 0) is 8.85 Å². The molecule has 4 heteroatoms. The maximum Gasteiger partial charge on any atom is 0.303 e. The molecule has 0 saturated carbocycles. The van der Waals surface area contributed by atoms with Gasteiger partial charge >= 0.3 is 8.08 Å². The molecule has 0 spiro atoms. The van der Waals surface area contributed by atoms with Gasteiger partial charge in [-0.2, -0.15) is 0 Å². The molecule has 0 aliphatic rings. The van der Waals surface area contributed by atoms with Gasteiger partial charge in [0.25, 0.3) is 0 Å². The first kappa shape index (κ1) is 7.35. The van der Waals surface area contributed by atoms with Crippen LogP contribution in [0.1, 0.15) is 0 Å². The van der Waals surface area contributed by atoms with Gasteiger partial charge in [0.05, 0.1) is 9.76 Å². The molecule has 3 radical (unpaired) electrons. The molecule has 0 unspecified atom stereocenters. The van der Waals surface area contributed by atoms with Crippen LogP contribution in [0.15, 0.2) is 0 Å². The Balaban J connectivity index is 3.36. The Morgan fingerprint density at radius 2 is 1.57 bits per heavy atom. The van der Waals surface area contributed by atoms with Gasteiger partial charge in [-0.1, -0.05) is 0 Å². The van der Waals surface area contributed by atoms with E-state index in [4.69, 9.17) is 8.85 Å². The molecule has 0 N–H and O–H groups in total. The largest absolute Gasteiger partial charge is 0.401 e. The van der Waals surface area contributed by atoms with Crippen molar-refractivity contribution >= 4 is 17.8 Å². The highest BCUT2D eigenvalue weighted by Gasteiger charge is 2.18. The summed E-state index contributed by atoms with van der Waals surface area (Å²) in [5.41, 5.74) is 0. The summed E-state index contributed by atoms with van der Waals surface area (Å²) in [6.07, 6.45) is 0. The zero-order valence-corrected chi connectivity index (χ0v) is 6.82. The average Bonchev–Trinajstić information content (AvgIpc) is 1.68. The van der Waals surface area contributed by atoms with E-state index in [-0.39, 0.29) is 0 Å². The molecule has 2 nitrogen and oxygen atoms in total. The van der Waals surface area contributed by atoms with Crippen LogP contribution in [0, 0.1) is 0 Å². The van der Waals surface area contributed by atoms with Crippen molar-refractivity contribution < 1.29 is 8.85 Å². The summed E-state index contributed by atoms with van der Waals surface area (Å²) in [4.78, 5) is 0. The SMILES string of the molecule is CO[Si](C)([Si])OC. The summed E-state index contributed by atoms with van der Waals surface area (Å²) in [5.74, 6) is 0. The van der Waals surface area contributed by atoms with Gasteiger partial charge in [-0.05, 0) is 6.55 Å². The van der Waals surface area contributed by atoms with Crippen LogP contribution in [0.25, 0.3) is 0 Å². The summed E-state index contributed by atoms with van der Waals surface area (Å²) in [5, 5.41) is 0. The lowest BCUT2D eigenvalue weighted by Crippen LogP contribution is -2.36. The first-order valence-corrected chi connectivity index (χ1v) is 5.79. The number of hydrogen-bond acceptors (Lipinski definition) is 2. The molecule has 0 aromatic carbocycles. The van der Waals surface area contributed by atoms with Gasteiger partial charge in [0.1, 0.15) is 0 Å². The Morgan fingerprint density at radius 3 is 1.57 bits per heavy atom. The molecular weight excluding hydrogens is 124 g/mol. The van der Waals surface area contributed by atoms with Crippen molar-refractivity contribution in [1.82, 2.24) is 0 Å². The second-order valence-electron chi connectivity index (χ2n) is 1.35. The van der Waals surface area contributed by atoms with Crippen LogP contribution in [0.4, 0.5) is 0 Å². The molecule has 0 heterocycles.